The van der Waals surface area contributed by atoms with Crippen molar-refractivity contribution >= 4 is 17.6 Å². The van der Waals surface area contributed by atoms with Crippen molar-refractivity contribution in [2.45, 2.75) is 6.54 Å². The van der Waals surface area contributed by atoms with Crippen LogP contribution < -0.4 is 5.32 Å². The van der Waals surface area contributed by atoms with Crippen molar-refractivity contribution in [2.75, 3.05) is 13.1 Å². The van der Waals surface area contributed by atoms with Gasteiger partial charge in [0.25, 0.3) is 0 Å². The van der Waals surface area contributed by atoms with E-state index < -0.39 is 0 Å². The van der Waals surface area contributed by atoms with E-state index in [0.717, 1.165) is 12.3 Å². The quantitative estimate of drug-likeness (QED) is 0.798. The van der Waals surface area contributed by atoms with Gasteiger partial charge in [0.05, 0.1) is 5.92 Å². The molecule has 2 aliphatic rings. The van der Waals surface area contributed by atoms with Crippen molar-refractivity contribution < 1.29 is 4.79 Å². The molecule has 18 heavy (non-hydrogen) atoms. The van der Waals surface area contributed by atoms with Crippen molar-refractivity contribution in [3.05, 3.63) is 35.9 Å². The van der Waals surface area contributed by atoms with Crippen molar-refractivity contribution in [2.24, 2.45) is 10.9 Å². The molecule has 92 valence electrons. The number of fused-ring (bicyclic) bond motifs is 1. The zero-order valence-electron chi connectivity index (χ0n) is 9.89. The highest BCUT2D eigenvalue weighted by Gasteiger charge is 2.37. The minimum Gasteiger partial charge on any atom is -0.294 e. The first-order chi connectivity index (χ1) is 8.72. The molecular weight excluding hydrogens is 228 g/mol. The van der Waals surface area contributed by atoms with Crippen molar-refractivity contribution in [1.82, 2.24) is 10.2 Å². The number of hydrogen-bond donors (Lipinski definition) is 2. The number of benzene rings is 1. The Labute approximate surface area is 105 Å². The zero-order valence-corrected chi connectivity index (χ0v) is 9.89. The van der Waals surface area contributed by atoms with Gasteiger partial charge in [-0.1, -0.05) is 30.3 Å². The molecule has 3 rings (SSSR count). The molecule has 1 aromatic carbocycles. The minimum absolute atomic E-state index is 0.0344. The van der Waals surface area contributed by atoms with Gasteiger partial charge < -0.3 is 0 Å². The maximum atomic E-state index is 11.7. The van der Waals surface area contributed by atoms with E-state index in [9.17, 15) is 4.79 Å². The van der Waals surface area contributed by atoms with Gasteiger partial charge in [-0.15, -0.1) is 0 Å². The molecule has 1 atom stereocenters. The first-order valence-electron chi connectivity index (χ1n) is 5.95. The Bertz CT molecular complexity index is 523. The molecule has 0 saturated carbocycles. The number of aliphatic imine (C=N–C) groups is 1. The fourth-order valence-corrected chi connectivity index (χ4v) is 2.45. The Balaban J connectivity index is 1.74. The normalized spacial score (nSPS) is 23.6. The van der Waals surface area contributed by atoms with Gasteiger partial charge in [0.1, 0.15) is 0 Å². The van der Waals surface area contributed by atoms with Gasteiger partial charge in [-0.3, -0.25) is 20.4 Å². The summed E-state index contributed by atoms with van der Waals surface area (Å²) < 4.78 is 0. The Morgan fingerprint density at radius 3 is 2.94 bits per heavy atom. The summed E-state index contributed by atoms with van der Waals surface area (Å²) in [6.45, 7) is 2.18. The molecule has 5 heteroatoms. The van der Waals surface area contributed by atoms with E-state index in [0.29, 0.717) is 13.1 Å². The summed E-state index contributed by atoms with van der Waals surface area (Å²) >= 11 is 0. The van der Waals surface area contributed by atoms with Crippen molar-refractivity contribution in [3.63, 3.8) is 0 Å². The summed E-state index contributed by atoms with van der Waals surface area (Å²) in [6.07, 6.45) is 0. The number of nitrogens with one attached hydrogen (secondary N) is 2. The predicted molar refractivity (Wildman–Crippen MR) is 68.5 cm³/mol. The Morgan fingerprint density at radius 2 is 2.17 bits per heavy atom. The Kier molecular flexibility index (Phi) is 2.68. The SMILES string of the molecule is N=C1N=C2CN(Cc3ccccc3)CC2C(=O)N1. The standard InChI is InChI=1S/C13H14N4O/c14-13-15-11-8-17(7-10(11)12(18)16-13)6-9-4-2-1-3-5-9/h1-5,10H,6-8H2,(H2,14,16,18). The van der Waals surface area contributed by atoms with Crippen LogP contribution in [0.1, 0.15) is 5.56 Å². The molecule has 0 radical (unpaired) electrons. The third-order valence-corrected chi connectivity index (χ3v) is 3.29. The second kappa shape index (κ2) is 4.34. The number of rotatable bonds is 2. The van der Waals surface area contributed by atoms with Crippen LogP contribution in [0.4, 0.5) is 0 Å². The van der Waals surface area contributed by atoms with Crippen LogP contribution in [-0.4, -0.2) is 35.6 Å². The van der Waals surface area contributed by atoms with E-state index in [1.807, 2.05) is 18.2 Å². The first-order valence-corrected chi connectivity index (χ1v) is 5.95. The van der Waals surface area contributed by atoms with Gasteiger partial charge >= 0.3 is 0 Å². The lowest BCUT2D eigenvalue weighted by Crippen LogP contribution is -2.42. The lowest BCUT2D eigenvalue weighted by Gasteiger charge is -2.16. The average Bonchev–Trinajstić information content (AvgIpc) is 2.73. The fourth-order valence-electron chi connectivity index (χ4n) is 2.45. The van der Waals surface area contributed by atoms with E-state index in [2.05, 4.69) is 27.3 Å². The largest absolute Gasteiger partial charge is 0.294 e. The van der Waals surface area contributed by atoms with Gasteiger partial charge in [-0.25, -0.2) is 4.99 Å². The van der Waals surface area contributed by atoms with Gasteiger partial charge in [-0.2, -0.15) is 0 Å². The lowest BCUT2D eigenvalue weighted by molar-refractivity contribution is -0.121. The number of carbonyl (C=O) groups excluding carboxylic acids is 1. The highest BCUT2D eigenvalue weighted by molar-refractivity contribution is 6.18. The summed E-state index contributed by atoms with van der Waals surface area (Å²) in [6, 6.07) is 10.2. The van der Waals surface area contributed by atoms with Crippen LogP contribution in [0.15, 0.2) is 35.3 Å². The number of guanidine groups is 1. The molecule has 1 aromatic rings. The predicted octanol–water partition coefficient (Wildman–Crippen LogP) is 0.624. The highest BCUT2D eigenvalue weighted by Crippen LogP contribution is 2.19. The van der Waals surface area contributed by atoms with Crippen LogP contribution in [0.2, 0.25) is 0 Å². The lowest BCUT2D eigenvalue weighted by atomic mass is 10.1. The molecule has 2 heterocycles. The van der Waals surface area contributed by atoms with Gasteiger partial charge in [-0.05, 0) is 5.56 Å². The van der Waals surface area contributed by atoms with E-state index in [4.69, 9.17) is 5.41 Å². The molecular formula is C13H14N4O. The Morgan fingerprint density at radius 1 is 1.39 bits per heavy atom. The van der Waals surface area contributed by atoms with E-state index >= 15 is 0 Å². The van der Waals surface area contributed by atoms with Crippen molar-refractivity contribution in [3.8, 4) is 0 Å². The summed E-state index contributed by atoms with van der Waals surface area (Å²) in [5, 5.41) is 9.88. The van der Waals surface area contributed by atoms with Crippen LogP contribution >= 0.6 is 0 Å². The maximum Gasteiger partial charge on any atom is 0.236 e. The van der Waals surface area contributed by atoms with E-state index in [1.165, 1.54) is 5.56 Å². The van der Waals surface area contributed by atoms with Crippen LogP contribution in [0.5, 0.6) is 0 Å². The molecule has 2 N–H and O–H groups in total. The van der Waals surface area contributed by atoms with Crippen LogP contribution in [-0.2, 0) is 11.3 Å². The third kappa shape index (κ3) is 2.04. The fraction of sp³-hybridized carbons (Fsp3) is 0.308. The number of nitrogens with zero attached hydrogens (tertiary/aromatic N) is 2. The highest BCUT2D eigenvalue weighted by atomic mass is 16.2. The van der Waals surface area contributed by atoms with Crippen molar-refractivity contribution in [1.29, 1.82) is 5.41 Å². The number of likely N-dealkylation sites (tertiary alicyclic amines) is 1. The molecule has 1 unspecified atom stereocenters. The molecule has 0 spiro atoms. The van der Waals surface area contributed by atoms with Gasteiger partial charge in [0.2, 0.25) is 11.9 Å². The summed E-state index contributed by atoms with van der Waals surface area (Å²) in [5.74, 6) is -0.309. The molecule has 1 amide bonds. The van der Waals surface area contributed by atoms with Crippen LogP contribution in [0.25, 0.3) is 0 Å². The third-order valence-electron chi connectivity index (χ3n) is 3.29. The Hall–Kier alpha value is -2.01. The molecule has 0 bridgehead atoms. The van der Waals surface area contributed by atoms with Gasteiger partial charge in [0.15, 0.2) is 0 Å². The summed E-state index contributed by atoms with van der Waals surface area (Å²) in [7, 11) is 0. The zero-order chi connectivity index (χ0) is 12.5. The smallest absolute Gasteiger partial charge is 0.236 e. The first kappa shape index (κ1) is 11.1. The monoisotopic (exact) mass is 242 g/mol. The topological polar surface area (TPSA) is 68.5 Å². The molecule has 0 aromatic heterocycles. The molecule has 1 saturated heterocycles. The molecule has 5 nitrogen and oxygen atoms in total. The van der Waals surface area contributed by atoms with Crippen LogP contribution in [0, 0.1) is 11.3 Å². The maximum absolute atomic E-state index is 11.7. The molecule has 2 aliphatic heterocycles. The van der Waals surface area contributed by atoms with Gasteiger partial charge in [0, 0.05) is 25.3 Å². The van der Waals surface area contributed by atoms with E-state index in [1.54, 1.807) is 0 Å². The van der Waals surface area contributed by atoms with Crippen LogP contribution in [0.3, 0.4) is 0 Å². The number of hydrogen-bond acceptors (Lipinski definition) is 3. The average molecular weight is 242 g/mol. The summed E-state index contributed by atoms with van der Waals surface area (Å²) in [4.78, 5) is 18.0. The molecule has 0 aliphatic carbocycles. The summed E-state index contributed by atoms with van der Waals surface area (Å²) in [5.41, 5.74) is 2.05. The second-order valence-corrected chi connectivity index (χ2v) is 4.65. The molecule has 1 fully saturated rings. The number of carbonyl (C=O) groups is 1. The second-order valence-electron chi connectivity index (χ2n) is 4.65. The van der Waals surface area contributed by atoms with E-state index in [-0.39, 0.29) is 17.8 Å². The minimum atomic E-state index is -0.178. The number of amides is 1.